The van der Waals surface area contributed by atoms with E-state index in [4.69, 9.17) is 21.0 Å². The molecule has 2 aromatic rings. The zero-order valence-corrected chi connectivity index (χ0v) is 14.9. The smallest absolute Gasteiger partial charge is 0.430 e. The number of fused-ring (bicyclic) bond motifs is 1. The van der Waals surface area contributed by atoms with Gasteiger partial charge in [0.2, 0.25) is 6.10 Å². The first-order valence-corrected chi connectivity index (χ1v) is 8.18. The van der Waals surface area contributed by atoms with Crippen molar-refractivity contribution in [1.29, 1.82) is 0 Å². The molecule has 2 aromatic carbocycles. The first-order valence-electron chi connectivity index (χ1n) is 8.18. The summed E-state index contributed by atoms with van der Waals surface area (Å²) in [5.41, 5.74) is 1.41. The van der Waals surface area contributed by atoms with Gasteiger partial charge in [-0.2, -0.15) is 13.2 Å². The molecule has 0 fully saturated rings. The summed E-state index contributed by atoms with van der Waals surface area (Å²) < 4.78 is 50.5. The number of benzene rings is 2. The van der Waals surface area contributed by atoms with E-state index in [9.17, 15) is 18.0 Å². The van der Waals surface area contributed by atoms with Gasteiger partial charge in [0, 0.05) is 17.2 Å². The Balaban J connectivity index is 2.01. The predicted octanol–water partition coefficient (Wildman–Crippen LogP) is 4.87. The minimum Gasteiger partial charge on any atom is -0.478 e. The molecule has 4 nitrogen and oxygen atoms in total. The van der Waals surface area contributed by atoms with E-state index < -0.39 is 23.8 Å². The molecule has 7 heteroatoms. The number of alkyl halides is 3. The highest BCUT2D eigenvalue weighted by molar-refractivity contribution is 5.95. The average molecular weight is 388 g/mol. The van der Waals surface area contributed by atoms with Crippen LogP contribution in [0.15, 0.2) is 35.9 Å². The summed E-state index contributed by atoms with van der Waals surface area (Å²) in [5.74, 6) is 1.50. The number of carboxylic acid groups (broad SMARTS) is 1. The Hall–Kier alpha value is -3.40. The summed E-state index contributed by atoms with van der Waals surface area (Å²) in [6, 6.07) is 7.96. The van der Waals surface area contributed by atoms with Crippen molar-refractivity contribution in [1.82, 2.24) is 0 Å². The third kappa shape index (κ3) is 3.67. The number of terminal acetylenes is 1. The monoisotopic (exact) mass is 388 g/mol. The molecule has 0 amide bonds. The van der Waals surface area contributed by atoms with Gasteiger partial charge in [-0.25, -0.2) is 4.79 Å². The van der Waals surface area contributed by atoms with Crippen LogP contribution >= 0.6 is 0 Å². The fourth-order valence-electron chi connectivity index (χ4n) is 2.84. The molecule has 0 aromatic heterocycles. The van der Waals surface area contributed by atoms with Crippen LogP contribution in [0.25, 0.3) is 6.08 Å². The first kappa shape index (κ1) is 19.4. The zero-order valence-electron chi connectivity index (χ0n) is 14.9. The molecular formula is C21H15F3O4. The summed E-state index contributed by atoms with van der Waals surface area (Å²) in [4.78, 5) is 11.2. The van der Waals surface area contributed by atoms with Crippen LogP contribution in [0.3, 0.4) is 0 Å². The molecule has 0 radical (unpaired) electrons. The number of aryl methyl sites for hydroxylation is 2. The molecule has 0 saturated heterocycles. The molecule has 1 atom stereocenters. The van der Waals surface area contributed by atoms with Crippen LogP contribution in [0.4, 0.5) is 13.2 Å². The average Bonchev–Trinajstić information content (AvgIpc) is 2.62. The van der Waals surface area contributed by atoms with Gasteiger partial charge in [-0.15, -0.1) is 6.42 Å². The lowest BCUT2D eigenvalue weighted by Gasteiger charge is -2.27. The van der Waals surface area contributed by atoms with Crippen LogP contribution in [-0.2, 0) is 4.79 Å². The van der Waals surface area contributed by atoms with Crippen molar-refractivity contribution < 1.29 is 32.5 Å². The highest BCUT2D eigenvalue weighted by Gasteiger charge is 2.48. The predicted molar refractivity (Wildman–Crippen MR) is 96.5 cm³/mol. The van der Waals surface area contributed by atoms with Gasteiger partial charge >= 0.3 is 12.1 Å². The third-order valence-corrected chi connectivity index (χ3v) is 4.25. The SMILES string of the molecule is C#Cc1ccc(Oc2cc3c(cc2C)C=C(C(=O)O)C(C(F)(F)F)O3)c(C)c1. The van der Waals surface area contributed by atoms with Crippen LogP contribution in [0.5, 0.6) is 17.2 Å². The molecule has 1 N–H and O–H groups in total. The Morgan fingerprint density at radius 1 is 1.18 bits per heavy atom. The second-order valence-corrected chi connectivity index (χ2v) is 6.33. The van der Waals surface area contributed by atoms with E-state index in [1.54, 1.807) is 32.0 Å². The van der Waals surface area contributed by atoms with Crippen LogP contribution < -0.4 is 9.47 Å². The van der Waals surface area contributed by atoms with E-state index in [1.807, 2.05) is 0 Å². The number of halogens is 3. The van der Waals surface area contributed by atoms with Crippen molar-refractivity contribution in [3.8, 4) is 29.6 Å². The van der Waals surface area contributed by atoms with Gasteiger partial charge in [0.15, 0.2) is 0 Å². The van der Waals surface area contributed by atoms with Crippen molar-refractivity contribution in [2.45, 2.75) is 26.1 Å². The van der Waals surface area contributed by atoms with Gasteiger partial charge in [0.1, 0.15) is 17.2 Å². The number of carboxylic acids is 1. The second-order valence-electron chi connectivity index (χ2n) is 6.33. The normalized spacial score (nSPS) is 15.7. The molecule has 0 saturated carbocycles. The third-order valence-electron chi connectivity index (χ3n) is 4.25. The van der Waals surface area contributed by atoms with E-state index in [0.717, 1.165) is 11.6 Å². The molecule has 1 unspecified atom stereocenters. The summed E-state index contributed by atoms with van der Waals surface area (Å²) in [7, 11) is 0. The van der Waals surface area contributed by atoms with Crippen LogP contribution in [0, 0.1) is 26.2 Å². The van der Waals surface area contributed by atoms with Gasteiger partial charge in [0.25, 0.3) is 0 Å². The Kier molecular flexibility index (Phi) is 4.82. The van der Waals surface area contributed by atoms with Crippen molar-refractivity contribution in [2.75, 3.05) is 0 Å². The summed E-state index contributed by atoms with van der Waals surface area (Å²) in [6.07, 6.45) is -1.09. The molecule has 1 aliphatic heterocycles. The molecule has 1 aliphatic rings. The fraction of sp³-hybridized carbons (Fsp3) is 0.190. The van der Waals surface area contributed by atoms with E-state index in [2.05, 4.69) is 5.92 Å². The number of ether oxygens (including phenoxy) is 2. The topological polar surface area (TPSA) is 55.8 Å². The molecule has 0 aliphatic carbocycles. The number of carbonyl (C=O) groups is 1. The van der Waals surface area contributed by atoms with E-state index in [1.165, 1.54) is 12.1 Å². The van der Waals surface area contributed by atoms with Gasteiger partial charge in [-0.3, -0.25) is 0 Å². The highest BCUT2D eigenvalue weighted by atomic mass is 19.4. The van der Waals surface area contributed by atoms with Crippen molar-refractivity contribution >= 4 is 12.0 Å². The van der Waals surface area contributed by atoms with Crippen molar-refractivity contribution in [2.24, 2.45) is 0 Å². The Morgan fingerprint density at radius 2 is 1.86 bits per heavy atom. The second kappa shape index (κ2) is 6.97. The van der Waals surface area contributed by atoms with Crippen LogP contribution in [-0.4, -0.2) is 23.4 Å². The minimum atomic E-state index is -4.87. The maximum absolute atomic E-state index is 13.2. The lowest BCUT2D eigenvalue weighted by molar-refractivity contribution is -0.187. The first-order chi connectivity index (χ1) is 13.1. The quantitative estimate of drug-likeness (QED) is 0.763. The lowest BCUT2D eigenvalue weighted by Crippen LogP contribution is -2.40. The summed E-state index contributed by atoms with van der Waals surface area (Å²) in [5, 5.41) is 9.10. The van der Waals surface area contributed by atoms with Gasteiger partial charge in [-0.05, 0) is 55.3 Å². The van der Waals surface area contributed by atoms with E-state index in [-0.39, 0.29) is 11.3 Å². The van der Waals surface area contributed by atoms with Crippen LogP contribution in [0.1, 0.15) is 22.3 Å². The Labute approximate surface area is 159 Å². The molecule has 0 bridgehead atoms. The number of hydrogen-bond donors (Lipinski definition) is 1. The number of hydrogen-bond acceptors (Lipinski definition) is 3. The zero-order chi connectivity index (χ0) is 20.6. The largest absolute Gasteiger partial charge is 0.478 e. The van der Waals surface area contributed by atoms with Gasteiger partial charge < -0.3 is 14.6 Å². The number of aliphatic carboxylic acids is 1. The molecular weight excluding hydrogens is 373 g/mol. The standard InChI is InChI=1S/C21H15F3O4/c1-4-13-5-6-16(11(2)7-13)27-17-10-18-14(8-12(17)3)9-15(20(25)26)19(28-18)21(22,23)24/h1,5-10,19H,2-3H3,(H,25,26). The molecule has 1 heterocycles. The summed E-state index contributed by atoms with van der Waals surface area (Å²) in [6.45, 7) is 3.49. The Bertz CT molecular complexity index is 1030. The van der Waals surface area contributed by atoms with Crippen LogP contribution in [0.2, 0.25) is 0 Å². The lowest BCUT2D eigenvalue weighted by atomic mass is 9.99. The molecule has 144 valence electrons. The Morgan fingerprint density at radius 3 is 2.43 bits per heavy atom. The van der Waals surface area contributed by atoms with Gasteiger partial charge in [-0.1, -0.05) is 5.92 Å². The maximum Gasteiger partial charge on any atom is 0.430 e. The van der Waals surface area contributed by atoms with E-state index in [0.29, 0.717) is 22.6 Å². The molecule has 28 heavy (non-hydrogen) atoms. The highest BCUT2D eigenvalue weighted by Crippen LogP contribution is 2.41. The maximum atomic E-state index is 13.2. The van der Waals surface area contributed by atoms with Crippen molar-refractivity contribution in [3.63, 3.8) is 0 Å². The summed E-state index contributed by atoms with van der Waals surface area (Å²) >= 11 is 0. The molecule has 3 rings (SSSR count). The minimum absolute atomic E-state index is 0.106. The fourth-order valence-corrected chi connectivity index (χ4v) is 2.84. The van der Waals surface area contributed by atoms with Crippen molar-refractivity contribution in [3.05, 3.63) is 58.2 Å². The molecule has 0 spiro atoms. The number of rotatable bonds is 3. The van der Waals surface area contributed by atoms with Gasteiger partial charge in [0.05, 0.1) is 5.57 Å². The van der Waals surface area contributed by atoms with E-state index >= 15 is 0 Å².